The van der Waals surface area contributed by atoms with Crippen LogP contribution in [0, 0.1) is 5.92 Å². The summed E-state index contributed by atoms with van der Waals surface area (Å²) in [6.45, 7) is 0. The maximum absolute atomic E-state index is 10.7. The van der Waals surface area contributed by atoms with E-state index in [-0.39, 0.29) is 0 Å². The minimum absolute atomic E-state index is 0.350. The zero-order valence-corrected chi connectivity index (χ0v) is 8.82. The smallest absolute Gasteiger partial charge is 0.323 e. The van der Waals surface area contributed by atoms with E-state index in [1.54, 1.807) is 0 Å². The van der Waals surface area contributed by atoms with Gasteiger partial charge in [0.1, 0.15) is 5.54 Å². The third kappa shape index (κ3) is 1.98. The van der Waals surface area contributed by atoms with Crippen LogP contribution in [0.4, 0.5) is 0 Å². The average molecular weight is 281 g/mol. The number of aliphatic carboxylic acids is 1. The summed E-state index contributed by atoms with van der Waals surface area (Å²) >= 11 is 2.14. The lowest BCUT2D eigenvalue weighted by Gasteiger charge is -2.16. The molecule has 0 aliphatic heterocycles. The van der Waals surface area contributed by atoms with Gasteiger partial charge >= 0.3 is 5.97 Å². The molecule has 0 aromatic rings. The summed E-state index contributed by atoms with van der Waals surface area (Å²) in [5.41, 5.74) is 4.72. The molecule has 68 valence electrons. The Hall–Kier alpha value is -0.100. The molecule has 3 nitrogen and oxygen atoms in total. The standard InChI is InChI=1S/C8H12INO2/c9-4-2-6-1-3-8(10,5-6)7(11)12/h2,4,6H,1,3,5,10H2,(H,11,12). The fourth-order valence-corrected chi connectivity index (χ4v) is 2.16. The number of nitrogens with two attached hydrogens (primary N) is 1. The van der Waals surface area contributed by atoms with Crippen molar-refractivity contribution in [3.05, 3.63) is 10.2 Å². The normalized spacial score (nSPS) is 36.0. The van der Waals surface area contributed by atoms with Crippen LogP contribution in [0.15, 0.2) is 10.2 Å². The van der Waals surface area contributed by atoms with E-state index in [4.69, 9.17) is 10.8 Å². The van der Waals surface area contributed by atoms with Crippen LogP contribution in [-0.2, 0) is 4.79 Å². The van der Waals surface area contributed by atoms with Crippen molar-refractivity contribution in [1.82, 2.24) is 0 Å². The van der Waals surface area contributed by atoms with Gasteiger partial charge in [0.2, 0.25) is 0 Å². The largest absolute Gasteiger partial charge is 0.480 e. The number of halogens is 1. The molecule has 1 aliphatic rings. The van der Waals surface area contributed by atoms with E-state index in [9.17, 15) is 4.79 Å². The first-order valence-electron chi connectivity index (χ1n) is 3.87. The van der Waals surface area contributed by atoms with Crippen molar-refractivity contribution in [2.45, 2.75) is 24.8 Å². The summed E-state index contributed by atoms with van der Waals surface area (Å²) in [5, 5.41) is 8.81. The third-order valence-corrected chi connectivity index (χ3v) is 2.77. The molecule has 1 saturated carbocycles. The van der Waals surface area contributed by atoms with Gasteiger partial charge in [0.25, 0.3) is 0 Å². The highest BCUT2D eigenvalue weighted by molar-refractivity contribution is 14.1. The van der Waals surface area contributed by atoms with Crippen LogP contribution < -0.4 is 5.73 Å². The molecule has 0 radical (unpaired) electrons. The molecule has 0 amide bonds. The number of carboxylic acids is 1. The SMILES string of the molecule is NC1(C(=O)O)CCC(C=CI)C1. The second-order valence-corrected chi connectivity index (χ2v) is 4.00. The molecule has 12 heavy (non-hydrogen) atoms. The third-order valence-electron chi connectivity index (χ3n) is 2.36. The van der Waals surface area contributed by atoms with Crippen molar-refractivity contribution >= 4 is 28.6 Å². The molecule has 4 heteroatoms. The van der Waals surface area contributed by atoms with Gasteiger partial charge < -0.3 is 10.8 Å². The lowest BCUT2D eigenvalue weighted by Crippen LogP contribution is -2.45. The summed E-state index contributed by atoms with van der Waals surface area (Å²) in [6.07, 6.45) is 4.08. The van der Waals surface area contributed by atoms with Crippen LogP contribution in [-0.4, -0.2) is 16.6 Å². The Kier molecular flexibility index (Phi) is 3.11. The van der Waals surface area contributed by atoms with E-state index >= 15 is 0 Å². The van der Waals surface area contributed by atoms with E-state index < -0.39 is 11.5 Å². The van der Waals surface area contributed by atoms with Crippen molar-refractivity contribution in [2.75, 3.05) is 0 Å². The van der Waals surface area contributed by atoms with Gasteiger partial charge in [-0.1, -0.05) is 28.7 Å². The summed E-state index contributed by atoms with van der Waals surface area (Å²) in [4.78, 5) is 10.7. The topological polar surface area (TPSA) is 63.3 Å². The number of hydrogen-bond donors (Lipinski definition) is 2. The quantitative estimate of drug-likeness (QED) is 0.754. The molecule has 0 spiro atoms. The minimum atomic E-state index is -0.971. The first-order valence-corrected chi connectivity index (χ1v) is 5.12. The van der Waals surface area contributed by atoms with Crippen LogP contribution in [0.1, 0.15) is 19.3 Å². The van der Waals surface area contributed by atoms with E-state index in [0.717, 1.165) is 6.42 Å². The van der Waals surface area contributed by atoms with Crippen molar-refractivity contribution in [3.63, 3.8) is 0 Å². The van der Waals surface area contributed by atoms with Gasteiger partial charge in [-0.15, -0.1) is 0 Å². The van der Waals surface area contributed by atoms with Crippen LogP contribution >= 0.6 is 22.6 Å². The van der Waals surface area contributed by atoms with E-state index in [1.807, 2.05) is 10.2 Å². The van der Waals surface area contributed by atoms with E-state index in [1.165, 1.54) is 0 Å². The molecule has 0 heterocycles. The predicted molar refractivity (Wildman–Crippen MR) is 55.1 cm³/mol. The Bertz CT molecular complexity index is 217. The minimum Gasteiger partial charge on any atom is -0.480 e. The molecule has 3 N–H and O–H groups in total. The molecule has 2 atom stereocenters. The summed E-state index contributed by atoms with van der Waals surface area (Å²) in [6, 6.07) is 0. The summed E-state index contributed by atoms with van der Waals surface area (Å²) in [5.74, 6) is -0.519. The Labute approximate surface area is 85.2 Å². The molecule has 1 aliphatic carbocycles. The zero-order chi connectivity index (χ0) is 9.19. The van der Waals surface area contributed by atoms with Crippen molar-refractivity contribution < 1.29 is 9.90 Å². The molecule has 0 bridgehead atoms. The highest BCUT2D eigenvalue weighted by atomic mass is 127. The maximum atomic E-state index is 10.7. The molecular weight excluding hydrogens is 269 g/mol. The zero-order valence-electron chi connectivity index (χ0n) is 6.66. The molecule has 0 aromatic heterocycles. The van der Waals surface area contributed by atoms with Crippen LogP contribution in [0.25, 0.3) is 0 Å². The Morgan fingerprint density at radius 3 is 2.83 bits per heavy atom. The predicted octanol–water partition coefficient (Wildman–Crippen LogP) is 1.52. The summed E-state index contributed by atoms with van der Waals surface area (Å²) in [7, 11) is 0. The van der Waals surface area contributed by atoms with Gasteiger partial charge in [-0.25, -0.2) is 0 Å². The molecule has 0 saturated heterocycles. The van der Waals surface area contributed by atoms with Gasteiger partial charge in [-0.2, -0.15) is 0 Å². The molecule has 1 fully saturated rings. The maximum Gasteiger partial charge on any atom is 0.323 e. The lowest BCUT2D eigenvalue weighted by atomic mass is 9.98. The Morgan fingerprint density at radius 1 is 1.75 bits per heavy atom. The second kappa shape index (κ2) is 3.74. The highest BCUT2D eigenvalue weighted by Crippen LogP contribution is 2.33. The molecule has 0 aromatic carbocycles. The van der Waals surface area contributed by atoms with Crippen LogP contribution in [0.2, 0.25) is 0 Å². The van der Waals surface area contributed by atoms with Gasteiger partial charge in [0, 0.05) is 0 Å². The molecule has 1 rings (SSSR count). The second-order valence-electron chi connectivity index (χ2n) is 3.28. The average Bonchev–Trinajstić information content (AvgIpc) is 2.34. The van der Waals surface area contributed by atoms with Gasteiger partial charge in [0.05, 0.1) is 0 Å². The van der Waals surface area contributed by atoms with Gasteiger partial charge in [0.15, 0.2) is 0 Å². The van der Waals surface area contributed by atoms with Crippen molar-refractivity contribution in [2.24, 2.45) is 11.7 Å². The first kappa shape index (κ1) is 9.98. The van der Waals surface area contributed by atoms with Crippen molar-refractivity contribution in [3.8, 4) is 0 Å². The molecular formula is C8H12INO2. The monoisotopic (exact) mass is 281 g/mol. The van der Waals surface area contributed by atoms with Crippen LogP contribution in [0.3, 0.4) is 0 Å². The molecule has 2 unspecified atom stereocenters. The highest BCUT2D eigenvalue weighted by Gasteiger charge is 2.40. The van der Waals surface area contributed by atoms with E-state index in [2.05, 4.69) is 22.6 Å². The number of carbonyl (C=O) groups is 1. The van der Waals surface area contributed by atoms with Crippen LogP contribution in [0.5, 0.6) is 0 Å². The number of allylic oxidation sites excluding steroid dienone is 1. The van der Waals surface area contributed by atoms with E-state index in [0.29, 0.717) is 18.8 Å². The fraction of sp³-hybridized carbons (Fsp3) is 0.625. The van der Waals surface area contributed by atoms with Gasteiger partial charge in [-0.05, 0) is 29.3 Å². The number of rotatable bonds is 2. The fourth-order valence-electron chi connectivity index (χ4n) is 1.58. The Morgan fingerprint density at radius 2 is 2.42 bits per heavy atom. The van der Waals surface area contributed by atoms with Crippen molar-refractivity contribution in [1.29, 1.82) is 0 Å². The number of hydrogen-bond acceptors (Lipinski definition) is 2. The summed E-state index contributed by atoms with van der Waals surface area (Å²) < 4.78 is 1.93. The van der Waals surface area contributed by atoms with Gasteiger partial charge in [-0.3, -0.25) is 4.79 Å². The first-order chi connectivity index (χ1) is 5.58. The number of carboxylic acid groups (broad SMARTS) is 1. The lowest BCUT2D eigenvalue weighted by molar-refractivity contribution is -0.143. The Balaban J connectivity index is 2.60.